The maximum Gasteiger partial charge on any atom is 0.0150 e. The van der Waals surface area contributed by atoms with E-state index in [1.807, 2.05) is 0 Å². The Balaban J connectivity index is 2.31. The molecule has 0 aromatic rings. The first kappa shape index (κ1) is 10.1. The van der Waals surface area contributed by atoms with Crippen LogP contribution in [-0.4, -0.2) is 17.4 Å². The fraction of sp³-hybridized carbons (Fsp3) is 0.800. The van der Waals surface area contributed by atoms with Gasteiger partial charge in [0.2, 0.25) is 0 Å². The summed E-state index contributed by atoms with van der Waals surface area (Å²) in [6, 6.07) is 0. The number of hydrogen-bond donors (Lipinski definition) is 1. The highest BCUT2D eigenvalue weighted by atomic mass is 32.1. The third-order valence-corrected chi connectivity index (χ3v) is 2.57. The quantitative estimate of drug-likeness (QED) is 0.511. The van der Waals surface area contributed by atoms with Gasteiger partial charge < -0.3 is 0 Å². The lowest BCUT2D eigenvalue weighted by molar-refractivity contribution is 0.327. The summed E-state index contributed by atoms with van der Waals surface area (Å²) >= 11 is 4.36. The van der Waals surface area contributed by atoms with Crippen LogP contribution in [0.2, 0.25) is 0 Å². The van der Waals surface area contributed by atoms with Crippen molar-refractivity contribution in [2.75, 3.05) is 13.1 Å². The van der Waals surface area contributed by atoms with Gasteiger partial charge in [0, 0.05) is 13.1 Å². The minimum Gasteiger partial charge on any atom is -0.253 e. The second-order valence-electron chi connectivity index (χ2n) is 3.94. The van der Waals surface area contributed by atoms with Crippen molar-refractivity contribution in [3.63, 3.8) is 0 Å². The van der Waals surface area contributed by atoms with Crippen LogP contribution in [0.4, 0.5) is 0 Å². The van der Waals surface area contributed by atoms with Gasteiger partial charge in [-0.25, -0.2) is 0 Å². The summed E-state index contributed by atoms with van der Waals surface area (Å²) in [4.78, 5) is 0. The third-order valence-electron chi connectivity index (χ3n) is 2.20. The molecule has 0 spiro atoms. The molecule has 0 aromatic heterocycles. The number of piperidine rings is 1. The molecule has 1 atom stereocenters. The lowest BCUT2D eigenvalue weighted by Gasteiger charge is -2.26. The molecule has 0 bridgehead atoms. The van der Waals surface area contributed by atoms with Gasteiger partial charge in [-0.3, -0.25) is 4.31 Å². The summed E-state index contributed by atoms with van der Waals surface area (Å²) in [5, 5.41) is 0. The molecule has 0 saturated carbocycles. The fourth-order valence-electron chi connectivity index (χ4n) is 1.53. The Labute approximate surface area is 81.4 Å². The van der Waals surface area contributed by atoms with Crippen LogP contribution in [0.1, 0.15) is 26.7 Å². The summed E-state index contributed by atoms with van der Waals surface area (Å²) < 4.78 is 2.12. The summed E-state index contributed by atoms with van der Waals surface area (Å²) in [6.07, 6.45) is 7.28. The Morgan fingerprint density at radius 2 is 2.25 bits per heavy atom. The lowest BCUT2D eigenvalue weighted by Crippen LogP contribution is -2.27. The molecule has 0 aromatic carbocycles. The summed E-state index contributed by atoms with van der Waals surface area (Å²) in [5.41, 5.74) is 0. The van der Waals surface area contributed by atoms with Crippen molar-refractivity contribution >= 4 is 12.8 Å². The zero-order valence-electron chi connectivity index (χ0n) is 8.03. The number of hydrogen-bond acceptors (Lipinski definition) is 2. The van der Waals surface area contributed by atoms with E-state index in [1.54, 1.807) is 0 Å². The number of allylic oxidation sites excluding steroid dienone is 1. The first-order valence-electron chi connectivity index (χ1n) is 4.80. The zero-order valence-corrected chi connectivity index (χ0v) is 8.93. The van der Waals surface area contributed by atoms with Crippen LogP contribution in [0.15, 0.2) is 12.2 Å². The first-order valence-corrected chi connectivity index (χ1v) is 5.20. The molecule has 1 saturated heterocycles. The molecule has 70 valence electrons. The maximum atomic E-state index is 4.36. The molecule has 0 N–H and O–H groups in total. The third kappa shape index (κ3) is 3.63. The monoisotopic (exact) mass is 185 g/mol. The second kappa shape index (κ2) is 4.93. The van der Waals surface area contributed by atoms with Gasteiger partial charge in [-0.05, 0) is 24.7 Å². The Morgan fingerprint density at radius 3 is 2.83 bits per heavy atom. The van der Waals surface area contributed by atoms with E-state index in [0.717, 1.165) is 19.0 Å². The molecule has 1 aliphatic heterocycles. The topological polar surface area (TPSA) is 3.24 Å². The van der Waals surface area contributed by atoms with E-state index in [2.05, 4.69) is 43.1 Å². The molecule has 2 heteroatoms. The van der Waals surface area contributed by atoms with Crippen molar-refractivity contribution in [3.05, 3.63) is 12.2 Å². The van der Waals surface area contributed by atoms with Crippen molar-refractivity contribution in [2.24, 2.45) is 11.8 Å². The molecule has 0 amide bonds. The molecule has 1 unspecified atom stereocenters. The first-order chi connectivity index (χ1) is 5.68. The molecule has 0 radical (unpaired) electrons. The molecule has 1 fully saturated rings. The van der Waals surface area contributed by atoms with Crippen LogP contribution < -0.4 is 0 Å². The highest BCUT2D eigenvalue weighted by Crippen LogP contribution is 2.19. The van der Waals surface area contributed by atoms with E-state index in [1.165, 1.54) is 12.8 Å². The molecule has 1 heterocycles. The van der Waals surface area contributed by atoms with Gasteiger partial charge in [0.15, 0.2) is 0 Å². The van der Waals surface area contributed by atoms with E-state index in [4.69, 9.17) is 0 Å². The second-order valence-corrected chi connectivity index (χ2v) is 4.51. The average Bonchev–Trinajstić information content (AvgIpc) is 2.01. The Kier molecular flexibility index (Phi) is 4.16. The Hall–Kier alpha value is 0.0500. The van der Waals surface area contributed by atoms with Crippen LogP contribution in [0.25, 0.3) is 0 Å². The number of nitrogens with zero attached hydrogens (tertiary/aromatic N) is 1. The molecule has 1 aliphatic rings. The number of rotatable bonds is 2. The van der Waals surface area contributed by atoms with Crippen molar-refractivity contribution in [1.82, 2.24) is 4.31 Å². The van der Waals surface area contributed by atoms with Gasteiger partial charge in [-0.1, -0.05) is 38.8 Å². The van der Waals surface area contributed by atoms with Crippen molar-refractivity contribution < 1.29 is 0 Å². The smallest absolute Gasteiger partial charge is 0.0150 e. The van der Waals surface area contributed by atoms with Crippen LogP contribution in [0, 0.1) is 11.8 Å². The molecular weight excluding hydrogens is 166 g/mol. The van der Waals surface area contributed by atoms with Gasteiger partial charge in [0.25, 0.3) is 0 Å². The van der Waals surface area contributed by atoms with Crippen LogP contribution in [-0.2, 0) is 0 Å². The predicted molar refractivity (Wildman–Crippen MR) is 57.3 cm³/mol. The van der Waals surface area contributed by atoms with Gasteiger partial charge in [0.05, 0.1) is 0 Å². The van der Waals surface area contributed by atoms with Gasteiger partial charge in [-0.15, -0.1) is 0 Å². The summed E-state index contributed by atoms with van der Waals surface area (Å²) in [7, 11) is 0. The van der Waals surface area contributed by atoms with E-state index in [9.17, 15) is 0 Å². The van der Waals surface area contributed by atoms with E-state index in [0.29, 0.717) is 5.92 Å². The fourth-order valence-corrected chi connectivity index (χ4v) is 1.88. The standard InChI is InChI=1S/C10H19NS/c1-9(2)5-6-10-4-3-7-11(12)8-10/h5-6,9-10,12H,3-4,7-8H2,1-2H3/b6-5+. The zero-order chi connectivity index (χ0) is 8.97. The van der Waals surface area contributed by atoms with Crippen molar-refractivity contribution in [3.8, 4) is 0 Å². The van der Waals surface area contributed by atoms with Crippen molar-refractivity contribution in [1.29, 1.82) is 0 Å². The Morgan fingerprint density at radius 1 is 1.50 bits per heavy atom. The maximum absolute atomic E-state index is 4.36. The SMILES string of the molecule is CC(C)/C=C/C1CCCN(S)C1. The van der Waals surface area contributed by atoms with Crippen molar-refractivity contribution in [2.45, 2.75) is 26.7 Å². The molecular formula is C10H19NS. The van der Waals surface area contributed by atoms with Crippen LogP contribution in [0.5, 0.6) is 0 Å². The largest absolute Gasteiger partial charge is 0.253 e. The summed E-state index contributed by atoms with van der Waals surface area (Å²) in [5.74, 6) is 1.42. The van der Waals surface area contributed by atoms with Gasteiger partial charge in [0.1, 0.15) is 0 Å². The number of thiol groups is 1. The molecule has 1 nitrogen and oxygen atoms in total. The normalized spacial score (nSPS) is 27.2. The Bertz CT molecular complexity index is 154. The van der Waals surface area contributed by atoms with Crippen LogP contribution in [0.3, 0.4) is 0 Å². The highest BCUT2D eigenvalue weighted by molar-refractivity contribution is 7.77. The van der Waals surface area contributed by atoms with E-state index in [-0.39, 0.29) is 0 Å². The molecule has 1 rings (SSSR count). The van der Waals surface area contributed by atoms with Gasteiger partial charge >= 0.3 is 0 Å². The predicted octanol–water partition coefficient (Wildman–Crippen LogP) is 2.76. The van der Waals surface area contributed by atoms with E-state index >= 15 is 0 Å². The lowest BCUT2D eigenvalue weighted by atomic mass is 9.98. The van der Waals surface area contributed by atoms with Crippen LogP contribution >= 0.6 is 12.8 Å². The molecule has 12 heavy (non-hydrogen) atoms. The minimum atomic E-state index is 0.681. The summed E-state index contributed by atoms with van der Waals surface area (Å²) in [6.45, 7) is 6.71. The van der Waals surface area contributed by atoms with Gasteiger partial charge in [-0.2, -0.15) is 0 Å². The highest BCUT2D eigenvalue weighted by Gasteiger charge is 2.14. The minimum absolute atomic E-state index is 0.681. The van der Waals surface area contributed by atoms with E-state index < -0.39 is 0 Å². The average molecular weight is 185 g/mol. The molecule has 0 aliphatic carbocycles.